The highest BCUT2D eigenvalue weighted by Crippen LogP contribution is 2.25. The Morgan fingerprint density at radius 3 is 2.62 bits per heavy atom. The maximum atomic E-state index is 12.4. The molecule has 0 spiro atoms. The normalized spacial score (nSPS) is 13.1. The van der Waals surface area contributed by atoms with Gasteiger partial charge in [-0.15, -0.1) is 0 Å². The fraction of sp³-hybridized carbons (Fsp3) is 0.308. The first-order valence-corrected chi connectivity index (χ1v) is 6.09. The minimum atomic E-state index is -4.31. The highest BCUT2D eigenvalue weighted by molar-refractivity contribution is 5.93. The number of carboxylic acid groups (broad SMARTS) is 1. The van der Waals surface area contributed by atoms with Gasteiger partial charge in [-0.25, -0.2) is 14.8 Å². The summed E-state index contributed by atoms with van der Waals surface area (Å²) in [6, 6.07) is 5.58. The van der Waals surface area contributed by atoms with E-state index in [0.717, 1.165) is 0 Å². The maximum absolute atomic E-state index is 12.4. The lowest BCUT2D eigenvalue weighted by Gasteiger charge is -2.17. The number of hydrogen-bond donors (Lipinski definition) is 2. The lowest BCUT2D eigenvalue weighted by molar-refractivity contribution is -0.136. The van der Waals surface area contributed by atoms with Crippen molar-refractivity contribution in [1.82, 2.24) is 9.97 Å². The van der Waals surface area contributed by atoms with E-state index in [0.29, 0.717) is 10.9 Å². The van der Waals surface area contributed by atoms with Crippen LogP contribution < -0.4 is 5.32 Å². The van der Waals surface area contributed by atoms with Gasteiger partial charge in [0.05, 0.1) is 11.9 Å². The Hall–Kier alpha value is -2.38. The molecule has 0 saturated heterocycles. The molecule has 0 fully saturated rings. The lowest BCUT2D eigenvalue weighted by atomic mass is 10.2. The number of fused-ring (bicyclic) bond motifs is 1. The Bertz CT molecular complexity index is 673. The number of aromatic carboxylic acids is 1. The van der Waals surface area contributed by atoms with Gasteiger partial charge in [-0.05, 0) is 19.1 Å². The zero-order chi connectivity index (χ0) is 15.6. The van der Waals surface area contributed by atoms with Crippen LogP contribution in [0.25, 0.3) is 10.9 Å². The number of anilines is 1. The molecule has 1 unspecified atom stereocenters. The Labute approximate surface area is 117 Å². The van der Waals surface area contributed by atoms with Crippen molar-refractivity contribution in [3.63, 3.8) is 0 Å². The predicted octanol–water partition coefficient (Wildman–Crippen LogP) is 3.08. The van der Waals surface area contributed by atoms with Crippen LogP contribution in [0.15, 0.2) is 24.3 Å². The molecule has 1 aromatic heterocycles. The summed E-state index contributed by atoms with van der Waals surface area (Å²) in [5.41, 5.74) is 0.353. The average molecular weight is 299 g/mol. The van der Waals surface area contributed by atoms with Crippen LogP contribution in [-0.4, -0.2) is 33.3 Å². The van der Waals surface area contributed by atoms with Crippen LogP contribution in [0.5, 0.6) is 0 Å². The number of rotatable bonds is 4. The largest absolute Gasteiger partial charge is 0.475 e. The molecule has 0 bridgehead atoms. The second-order valence-electron chi connectivity index (χ2n) is 4.58. The molecule has 0 aliphatic rings. The number of para-hydroxylation sites is 1. The summed E-state index contributed by atoms with van der Waals surface area (Å²) in [5, 5.41) is 12.0. The van der Waals surface area contributed by atoms with Crippen LogP contribution >= 0.6 is 0 Å². The number of carbonyl (C=O) groups is 1. The van der Waals surface area contributed by atoms with Gasteiger partial charge in [-0.2, -0.15) is 13.2 Å². The molecule has 8 heteroatoms. The summed E-state index contributed by atoms with van der Waals surface area (Å²) in [6.45, 7) is 1.35. The average Bonchev–Trinajstić information content (AvgIpc) is 2.36. The van der Waals surface area contributed by atoms with Crippen LogP contribution in [0.2, 0.25) is 0 Å². The second-order valence-corrected chi connectivity index (χ2v) is 4.58. The fourth-order valence-electron chi connectivity index (χ4n) is 1.91. The van der Waals surface area contributed by atoms with Gasteiger partial charge in [-0.3, -0.25) is 0 Å². The topological polar surface area (TPSA) is 75.1 Å². The van der Waals surface area contributed by atoms with Gasteiger partial charge in [0.2, 0.25) is 5.82 Å². The van der Waals surface area contributed by atoms with E-state index in [1.54, 1.807) is 24.3 Å². The molecule has 5 nitrogen and oxygen atoms in total. The van der Waals surface area contributed by atoms with Crippen molar-refractivity contribution in [2.45, 2.75) is 25.6 Å². The van der Waals surface area contributed by atoms with E-state index in [-0.39, 0.29) is 5.82 Å². The summed E-state index contributed by atoms with van der Waals surface area (Å²) in [4.78, 5) is 18.6. The number of nitrogens with zero attached hydrogens (tertiary/aromatic N) is 2. The number of nitrogens with one attached hydrogen (secondary N) is 1. The predicted molar refractivity (Wildman–Crippen MR) is 70.3 cm³/mol. The van der Waals surface area contributed by atoms with Crippen molar-refractivity contribution < 1.29 is 23.1 Å². The number of halogens is 3. The van der Waals surface area contributed by atoms with Gasteiger partial charge in [0, 0.05) is 11.4 Å². The number of carboxylic acids is 1. The third kappa shape index (κ3) is 3.80. The number of aromatic nitrogens is 2. The number of hydrogen-bond acceptors (Lipinski definition) is 4. The van der Waals surface area contributed by atoms with Crippen LogP contribution in [0, 0.1) is 0 Å². The first-order chi connectivity index (χ1) is 9.76. The van der Waals surface area contributed by atoms with Crippen molar-refractivity contribution in [3.05, 3.63) is 30.1 Å². The first kappa shape index (κ1) is 15.0. The highest BCUT2D eigenvalue weighted by atomic mass is 19.4. The van der Waals surface area contributed by atoms with Crippen molar-refractivity contribution in [1.29, 1.82) is 0 Å². The summed E-state index contributed by atoms with van der Waals surface area (Å²) in [6.07, 6.45) is -5.36. The minimum Gasteiger partial charge on any atom is -0.475 e. The van der Waals surface area contributed by atoms with E-state index >= 15 is 0 Å². The van der Waals surface area contributed by atoms with Crippen molar-refractivity contribution in [3.8, 4) is 0 Å². The maximum Gasteiger partial charge on any atom is 0.391 e. The SMILES string of the molecule is CC(CC(F)(F)F)Nc1nc(C(=O)O)nc2ccccc12. The number of alkyl halides is 3. The molecule has 112 valence electrons. The number of benzene rings is 1. The minimum absolute atomic E-state index is 0.0785. The van der Waals surface area contributed by atoms with Crippen molar-refractivity contribution in [2.75, 3.05) is 5.32 Å². The smallest absolute Gasteiger partial charge is 0.391 e. The van der Waals surface area contributed by atoms with Gasteiger partial charge in [0.25, 0.3) is 0 Å². The molecule has 2 aromatic rings. The summed E-state index contributed by atoms with van der Waals surface area (Å²) >= 11 is 0. The van der Waals surface area contributed by atoms with E-state index in [1.165, 1.54) is 6.92 Å². The van der Waals surface area contributed by atoms with E-state index in [4.69, 9.17) is 5.11 Å². The molecule has 1 heterocycles. The summed E-state index contributed by atoms with van der Waals surface area (Å²) in [7, 11) is 0. The first-order valence-electron chi connectivity index (χ1n) is 6.09. The Morgan fingerprint density at radius 2 is 2.00 bits per heavy atom. The van der Waals surface area contributed by atoms with Crippen LogP contribution in [0.4, 0.5) is 19.0 Å². The Morgan fingerprint density at radius 1 is 1.33 bits per heavy atom. The van der Waals surface area contributed by atoms with E-state index in [9.17, 15) is 18.0 Å². The van der Waals surface area contributed by atoms with Gasteiger partial charge < -0.3 is 10.4 Å². The molecule has 1 aromatic carbocycles. The molecular formula is C13H12F3N3O2. The van der Waals surface area contributed by atoms with E-state index in [1.807, 2.05) is 0 Å². The van der Waals surface area contributed by atoms with Crippen LogP contribution in [0.1, 0.15) is 24.0 Å². The van der Waals surface area contributed by atoms with E-state index < -0.39 is 30.4 Å². The molecule has 0 radical (unpaired) electrons. The molecule has 0 amide bonds. The van der Waals surface area contributed by atoms with Gasteiger partial charge >= 0.3 is 12.1 Å². The standard InChI is InChI=1S/C13H12F3N3O2/c1-7(6-13(14,15)16)17-10-8-4-2-3-5-9(8)18-11(19-10)12(20)21/h2-5,7H,6H2,1H3,(H,20,21)(H,17,18,19). The summed E-state index contributed by atoms with van der Waals surface area (Å²) < 4.78 is 37.1. The monoisotopic (exact) mass is 299 g/mol. The summed E-state index contributed by atoms with van der Waals surface area (Å²) in [5.74, 6) is -1.72. The second kappa shape index (κ2) is 5.55. The van der Waals surface area contributed by atoms with Crippen LogP contribution in [-0.2, 0) is 0 Å². The molecule has 2 rings (SSSR count). The third-order valence-electron chi connectivity index (χ3n) is 2.72. The zero-order valence-electron chi connectivity index (χ0n) is 11.0. The Balaban J connectivity index is 2.39. The van der Waals surface area contributed by atoms with E-state index in [2.05, 4.69) is 15.3 Å². The van der Waals surface area contributed by atoms with Crippen molar-refractivity contribution in [2.24, 2.45) is 0 Å². The molecule has 0 saturated carbocycles. The molecule has 0 aliphatic heterocycles. The Kier molecular flexibility index (Phi) is 3.97. The lowest BCUT2D eigenvalue weighted by Crippen LogP contribution is -2.25. The van der Waals surface area contributed by atoms with Gasteiger partial charge in [0.15, 0.2) is 0 Å². The van der Waals surface area contributed by atoms with Gasteiger partial charge in [0.1, 0.15) is 5.82 Å². The molecular weight excluding hydrogens is 287 g/mol. The van der Waals surface area contributed by atoms with Gasteiger partial charge in [-0.1, -0.05) is 12.1 Å². The molecule has 21 heavy (non-hydrogen) atoms. The van der Waals surface area contributed by atoms with Crippen LogP contribution in [0.3, 0.4) is 0 Å². The molecule has 2 N–H and O–H groups in total. The molecule has 1 atom stereocenters. The highest BCUT2D eigenvalue weighted by Gasteiger charge is 2.30. The zero-order valence-corrected chi connectivity index (χ0v) is 11.0. The van der Waals surface area contributed by atoms with Crippen molar-refractivity contribution >= 4 is 22.7 Å². The molecule has 0 aliphatic carbocycles. The fourth-order valence-corrected chi connectivity index (χ4v) is 1.91. The quantitative estimate of drug-likeness (QED) is 0.907. The third-order valence-corrected chi connectivity index (χ3v) is 2.72.